The highest BCUT2D eigenvalue weighted by Crippen LogP contribution is 2.26. The number of hydrogen-bond acceptors (Lipinski definition) is 2. The van der Waals surface area contributed by atoms with Gasteiger partial charge in [0.2, 0.25) is 5.91 Å². The van der Waals surface area contributed by atoms with Gasteiger partial charge < -0.3 is 5.32 Å². The lowest BCUT2D eigenvalue weighted by Gasteiger charge is -2.32. The van der Waals surface area contributed by atoms with E-state index in [1.165, 1.54) is 11.6 Å². The average molecular weight is 451 g/mol. The highest BCUT2D eigenvalue weighted by Gasteiger charge is 2.27. The van der Waals surface area contributed by atoms with E-state index in [4.69, 9.17) is 11.6 Å². The first kappa shape index (κ1) is 22.5. The lowest BCUT2D eigenvalue weighted by atomic mass is 9.93. The molecule has 0 unspecified atom stereocenters. The van der Waals surface area contributed by atoms with Crippen LogP contribution in [0.3, 0.4) is 0 Å². The first-order valence-corrected chi connectivity index (χ1v) is 11.5. The zero-order chi connectivity index (χ0) is 22.5. The summed E-state index contributed by atoms with van der Waals surface area (Å²) in [6, 6.07) is 23.0. The van der Waals surface area contributed by atoms with Gasteiger partial charge >= 0.3 is 0 Å². The van der Waals surface area contributed by atoms with Crippen molar-refractivity contribution in [2.45, 2.75) is 32.4 Å². The molecule has 4 rings (SSSR count). The number of carbonyl (C=O) groups excluding carboxylic acids is 1. The predicted molar refractivity (Wildman–Crippen MR) is 127 cm³/mol. The van der Waals surface area contributed by atoms with Crippen molar-refractivity contribution < 1.29 is 9.18 Å². The normalized spacial score (nSPS) is 16.0. The quantitative estimate of drug-likeness (QED) is 0.506. The molecule has 1 atom stereocenters. The molecule has 3 nitrogen and oxygen atoms in total. The van der Waals surface area contributed by atoms with E-state index in [1.807, 2.05) is 30.3 Å². The third-order valence-electron chi connectivity index (χ3n) is 6.20. The van der Waals surface area contributed by atoms with Crippen LogP contribution in [0.15, 0.2) is 72.8 Å². The van der Waals surface area contributed by atoms with E-state index in [0.29, 0.717) is 17.1 Å². The largest absolute Gasteiger partial charge is 0.345 e. The maximum Gasteiger partial charge on any atom is 0.223 e. The lowest BCUT2D eigenvalue weighted by molar-refractivity contribution is -0.127. The van der Waals surface area contributed by atoms with Crippen LogP contribution in [-0.2, 0) is 11.3 Å². The summed E-state index contributed by atoms with van der Waals surface area (Å²) in [4.78, 5) is 15.4. The second-order valence-electron chi connectivity index (χ2n) is 8.55. The molecule has 3 aromatic rings. The number of hydrogen-bond donors (Lipinski definition) is 1. The molecular weight excluding hydrogens is 423 g/mol. The Labute approximate surface area is 194 Å². The molecule has 1 N–H and O–H groups in total. The molecule has 166 valence electrons. The van der Waals surface area contributed by atoms with Crippen LogP contribution in [-0.4, -0.2) is 23.9 Å². The fourth-order valence-electron chi connectivity index (χ4n) is 4.27. The zero-order valence-corrected chi connectivity index (χ0v) is 19.0. The molecule has 1 fully saturated rings. The topological polar surface area (TPSA) is 32.3 Å². The van der Waals surface area contributed by atoms with Gasteiger partial charge in [-0.15, -0.1) is 0 Å². The third-order valence-corrected chi connectivity index (χ3v) is 6.43. The molecule has 1 saturated heterocycles. The number of rotatable bonds is 6. The Morgan fingerprint density at radius 2 is 1.69 bits per heavy atom. The first-order valence-electron chi connectivity index (χ1n) is 11.1. The summed E-state index contributed by atoms with van der Waals surface area (Å²) in [6.45, 7) is 4.12. The van der Waals surface area contributed by atoms with Crippen molar-refractivity contribution in [3.63, 3.8) is 0 Å². The predicted octanol–water partition coefficient (Wildman–Crippen LogP) is 5.91. The van der Waals surface area contributed by atoms with Crippen molar-refractivity contribution in [2.24, 2.45) is 5.92 Å². The minimum absolute atomic E-state index is 0.0435. The van der Waals surface area contributed by atoms with Gasteiger partial charge in [0, 0.05) is 23.0 Å². The summed E-state index contributed by atoms with van der Waals surface area (Å²) in [6.07, 6.45) is 1.52. The Bertz CT molecular complexity index is 1050. The van der Waals surface area contributed by atoms with Gasteiger partial charge in [0.05, 0.1) is 6.04 Å². The van der Waals surface area contributed by atoms with E-state index in [9.17, 15) is 9.18 Å². The van der Waals surface area contributed by atoms with Crippen molar-refractivity contribution in [1.29, 1.82) is 0 Å². The summed E-state index contributed by atoms with van der Waals surface area (Å²) >= 11 is 5.85. The Morgan fingerprint density at radius 1 is 1.03 bits per heavy atom. The lowest BCUT2D eigenvalue weighted by Crippen LogP contribution is -2.41. The van der Waals surface area contributed by atoms with Crippen LogP contribution in [0.4, 0.5) is 4.39 Å². The number of piperidine rings is 1. The number of likely N-dealkylation sites (tertiary alicyclic amines) is 1. The Hall–Kier alpha value is -2.69. The maximum absolute atomic E-state index is 14.1. The van der Waals surface area contributed by atoms with Crippen LogP contribution in [0.5, 0.6) is 0 Å². The Morgan fingerprint density at radius 3 is 2.34 bits per heavy atom. The molecular formula is C27H28ClFN2O. The summed E-state index contributed by atoms with van der Waals surface area (Å²) < 4.78 is 14.1. The van der Waals surface area contributed by atoms with Crippen molar-refractivity contribution in [3.8, 4) is 0 Å². The number of amides is 1. The number of halogens is 2. The van der Waals surface area contributed by atoms with Gasteiger partial charge in [0.15, 0.2) is 0 Å². The number of benzene rings is 3. The molecule has 0 bridgehead atoms. The van der Waals surface area contributed by atoms with Gasteiger partial charge in [-0.25, -0.2) is 4.39 Å². The second-order valence-corrected chi connectivity index (χ2v) is 8.99. The monoisotopic (exact) mass is 450 g/mol. The Balaban J connectivity index is 1.39. The van der Waals surface area contributed by atoms with Gasteiger partial charge in [-0.3, -0.25) is 9.69 Å². The maximum atomic E-state index is 14.1. The molecule has 32 heavy (non-hydrogen) atoms. The molecule has 1 heterocycles. The summed E-state index contributed by atoms with van der Waals surface area (Å²) in [5, 5.41) is 3.69. The van der Waals surface area contributed by atoms with Crippen LogP contribution in [0, 0.1) is 18.7 Å². The highest BCUT2D eigenvalue weighted by molar-refractivity contribution is 6.30. The smallest absolute Gasteiger partial charge is 0.223 e. The highest BCUT2D eigenvalue weighted by atomic mass is 35.5. The number of carbonyl (C=O) groups is 1. The second kappa shape index (κ2) is 10.3. The van der Waals surface area contributed by atoms with E-state index in [0.717, 1.165) is 37.1 Å². The molecule has 0 aliphatic carbocycles. The van der Waals surface area contributed by atoms with E-state index in [1.54, 1.807) is 12.1 Å². The van der Waals surface area contributed by atoms with E-state index < -0.39 is 0 Å². The van der Waals surface area contributed by atoms with Gasteiger partial charge in [-0.1, -0.05) is 77.8 Å². The summed E-state index contributed by atoms with van der Waals surface area (Å²) in [7, 11) is 0. The van der Waals surface area contributed by atoms with Crippen LogP contribution in [0.1, 0.15) is 41.1 Å². The van der Waals surface area contributed by atoms with Gasteiger partial charge in [-0.05, 0) is 56.1 Å². The summed E-state index contributed by atoms with van der Waals surface area (Å²) in [5.74, 6) is -0.240. The molecule has 5 heteroatoms. The fourth-order valence-corrected chi connectivity index (χ4v) is 4.43. The number of nitrogens with one attached hydrogen (secondary N) is 1. The molecule has 0 saturated carbocycles. The molecule has 0 radical (unpaired) electrons. The molecule has 0 spiro atoms. The minimum atomic E-state index is -0.277. The fraction of sp³-hybridized carbons (Fsp3) is 0.296. The molecule has 1 amide bonds. The minimum Gasteiger partial charge on any atom is -0.345 e. The van der Waals surface area contributed by atoms with Crippen LogP contribution >= 0.6 is 11.6 Å². The van der Waals surface area contributed by atoms with Crippen molar-refractivity contribution in [2.75, 3.05) is 13.1 Å². The zero-order valence-electron chi connectivity index (χ0n) is 18.2. The standard InChI is InChI=1S/C27H28ClFN2O/c1-19-7-9-21(10-8-19)26(20-5-3-2-4-6-20)30-27(32)22-13-15-31(16-14-22)18-23-11-12-24(28)17-25(23)29/h2-12,17,22,26H,13-16,18H2,1H3,(H,30,32)/t26-/m1/s1. The number of nitrogens with zero attached hydrogens (tertiary/aromatic N) is 1. The van der Waals surface area contributed by atoms with E-state index in [-0.39, 0.29) is 23.7 Å². The van der Waals surface area contributed by atoms with Gasteiger partial charge in [-0.2, -0.15) is 0 Å². The molecule has 0 aromatic heterocycles. The number of aryl methyl sites for hydroxylation is 1. The molecule has 3 aromatic carbocycles. The first-order chi connectivity index (χ1) is 15.5. The molecule has 1 aliphatic heterocycles. The van der Waals surface area contributed by atoms with E-state index in [2.05, 4.69) is 41.4 Å². The molecule has 1 aliphatic rings. The van der Waals surface area contributed by atoms with Gasteiger partial charge in [0.25, 0.3) is 0 Å². The SMILES string of the molecule is Cc1ccc([C@H](NC(=O)C2CCN(Cc3ccc(Cl)cc3F)CC2)c2ccccc2)cc1. The van der Waals surface area contributed by atoms with Crippen LogP contribution < -0.4 is 5.32 Å². The van der Waals surface area contributed by atoms with Crippen LogP contribution in [0.25, 0.3) is 0 Å². The van der Waals surface area contributed by atoms with Crippen molar-refractivity contribution >= 4 is 17.5 Å². The Kier molecular flexibility index (Phi) is 7.23. The summed E-state index contributed by atoms with van der Waals surface area (Å²) in [5.41, 5.74) is 3.98. The van der Waals surface area contributed by atoms with Crippen molar-refractivity contribution in [3.05, 3.63) is 106 Å². The third kappa shape index (κ3) is 5.56. The van der Waals surface area contributed by atoms with Crippen molar-refractivity contribution in [1.82, 2.24) is 10.2 Å². The van der Waals surface area contributed by atoms with Crippen LogP contribution in [0.2, 0.25) is 5.02 Å². The van der Waals surface area contributed by atoms with Gasteiger partial charge in [0.1, 0.15) is 5.82 Å². The average Bonchev–Trinajstić information content (AvgIpc) is 2.81. The van der Waals surface area contributed by atoms with E-state index >= 15 is 0 Å².